The van der Waals surface area contributed by atoms with Gasteiger partial charge in [-0.1, -0.05) is 37.3 Å². The molecule has 0 fully saturated rings. The summed E-state index contributed by atoms with van der Waals surface area (Å²) in [6, 6.07) is 9.49. The lowest BCUT2D eigenvalue weighted by molar-refractivity contribution is -0.0533. The first kappa shape index (κ1) is 11.5. The van der Waals surface area contributed by atoms with Gasteiger partial charge in [0.25, 0.3) is 0 Å². The van der Waals surface area contributed by atoms with Crippen molar-refractivity contribution >= 4 is 6.09 Å². The Balaban J connectivity index is 2.29. The summed E-state index contributed by atoms with van der Waals surface area (Å²) in [5.41, 5.74) is 0.987. The number of benzene rings is 1. The molecule has 2 N–H and O–H groups in total. The second-order valence-electron chi connectivity index (χ2n) is 3.11. The SMILES string of the molecule is CCC(O)OC(=O)NCc1ccccc1. The maximum absolute atomic E-state index is 11.1. The van der Waals surface area contributed by atoms with E-state index >= 15 is 0 Å². The summed E-state index contributed by atoms with van der Waals surface area (Å²) in [7, 11) is 0. The Morgan fingerprint density at radius 1 is 1.47 bits per heavy atom. The molecule has 0 radical (unpaired) electrons. The van der Waals surface area contributed by atoms with Crippen LogP contribution in [0.4, 0.5) is 4.79 Å². The minimum absolute atomic E-state index is 0.388. The lowest BCUT2D eigenvalue weighted by Crippen LogP contribution is -2.28. The van der Waals surface area contributed by atoms with Crippen LogP contribution in [0.25, 0.3) is 0 Å². The Morgan fingerprint density at radius 2 is 2.13 bits per heavy atom. The molecule has 1 rings (SSSR count). The van der Waals surface area contributed by atoms with Crippen LogP contribution in [-0.2, 0) is 11.3 Å². The van der Waals surface area contributed by atoms with Crippen LogP contribution < -0.4 is 5.32 Å². The number of aliphatic hydroxyl groups excluding tert-OH is 1. The third kappa shape index (κ3) is 4.46. The molecule has 0 aliphatic rings. The Labute approximate surface area is 88.9 Å². The molecule has 82 valence electrons. The van der Waals surface area contributed by atoms with Gasteiger partial charge >= 0.3 is 6.09 Å². The summed E-state index contributed by atoms with van der Waals surface area (Å²) in [5.74, 6) is 0. The molecule has 1 aromatic rings. The number of aliphatic hydroxyl groups is 1. The van der Waals surface area contributed by atoms with Gasteiger partial charge in [-0.15, -0.1) is 0 Å². The summed E-state index contributed by atoms with van der Waals surface area (Å²) in [5, 5.41) is 11.6. The van der Waals surface area contributed by atoms with Gasteiger partial charge in [-0.05, 0) is 5.56 Å². The van der Waals surface area contributed by atoms with Crippen LogP contribution in [-0.4, -0.2) is 17.5 Å². The summed E-state index contributed by atoms with van der Waals surface area (Å²) in [6.45, 7) is 2.13. The Bertz CT molecular complexity index is 300. The largest absolute Gasteiger partial charge is 0.420 e. The molecule has 0 aliphatic heterocycles. The number of ether oxygens (including phenoxy) is 1. The van der Waals surface area contributed by atoms with E-state index in [2.05, 4.69) is 10.1 Å². The van der Waals surface area contributed by atoms with E-state index in [-0.39, 0.29) is 0 Å². The van der Waals surface area contributed by atoms with Gasteiger partial charge in [0, 0.05) is 13.0 Å². The van der Waals surface area contributed by atoms with E-state index < -0.39 is 12.4 Å². The van der Waals surface area contributed by atoms with Gasteiger partial charge in [0.15, 0.2) is 0 Å². The summed E-state index contributed by atoms with van der Waals surface area (Å²) >= 11 is 0. The van der Waals surface area contributed by atoms with Crippen molar-refractivity contribution < 1.29 is 14.6 Å². The molecule has 0 saturated heterocycles. The number of amides is 1. The molecule has 4 heteroatoms. The van der Waals surface area contributed by atoms with Crippen LogP contribution in [0.15, 0.2) is 30.3 Å². The van der Waals surface area contributed by atoms with Gasteiger partial charge < -0.3 is 15.2 Å². The Morgan fingerprint density at radius 3 is 2.73 bits per heavy atom. The van der Waals surface area contributed by atoms with Crippen LogP contribution in [0.3, 0.4) is 0 Å². The fourth-order valence-electron chi connectivity index (χ4n) is 1.02. The highest BCUT2D eigenvalue weighted by Crippen LogP contribution is 1.98. The van der Waals surface area contributed by atoms with Crippen LogP contribution in [0.2, 0.25) is 0 Å². The van der Waals surface area contributed by atoms with E-state index in [1.807, 2.05) is 30.3 Å². The first-order chi connectivity index (χ1) is 7.22. The van der Waals surface area contributed by atoms with Crippen LogP contribution in [0, 0.1) is 0 Å². The minimum atomic E-state index is -1.03. The van der Waals surface area contributed by atoms with Crippen LogP contribution in [0.5, 0.6) is 0 Å². The highest BCUT2D eigenvalue weighted by Gasteiger charge is 2.07. The summed E-state index contributed by atoms with van der Waals surface area (Å²) in [6.07, 6.45) is -1.24. The summed E-state index contributed by atoms with van der Waals surface area (Å²) in [4.78, 5) is 11.1. The lowest BCUT2D eigenvalue weighted by Gasteiger charge is -2.10. The van der Waals surface area contributed by atoms with Crippen molar-refractivity contribution in [2.45, 2.75) is 26.2 Å². The predicted octanol–water partition coefficient (Wildman–Crippen LogP) is 1.64. The quantitative estimate of drug-likeness (QED) is 0.741. The zero-order valence-electron chi connectivity index (χ0n) is 8.64. The van der Waals surface area contributed by atoms with Gasteiger partial charge in [0.05, 0.1) is 0 Å². The van der Waals surface area contributed by atoms with Gasteiger partial charge in [-0.3, -0.25) is 0 Å². The van der Waals surface area contributed by atoms with Crippen molar-refractivity contribution in [3.05, 3.63) is 35.9 Å². The van der Waals surface area contributed by atoms with Crippen molar-refractivity contribution in [2.24, 2.45) is 0 Å². The molecule has 0 aromatic heterocycles. The first-order valence-corrected chi connectivity index (χ1v) is 4.89. The average molecular weight is 209 g/mol. The third-order valence-electron chi connectivity index (χ3n) is 1.87. The lowest BCUT2D eigenvalue weighted by atomic mass is 10.2. The highest BCUT2D eigenvalue weighted by molar-refractivity contribution is 5.67. The molecular formula is C11H15NO3. The van der Waals surface area contributed by atoms with Crippen molar-refractivity contribution in [2.75, 3.05) is 0 Å². The van der Waals surface area contributed by atoms with E-state index in [0.29, 0.717) is 13.0 Å². The Hall–Kier alpha value is -1.55. The van der Waals surface area contributed by atoms with Gasteiger partial charge in [-0.25, -0.2) is 4.79 Å². The van der Waals surface area contributed by atoms with Crippen molar-refractivity contribution in [3.8, 4) is 0 Å². The monoisotopic (exact) mass is 209 g/mol. The third-order valence-corrected chi connectivity index (χ3v) is 1.87. The minimum Gasteiger partial charge on any atom is -0.420 e. The number of hydrogen-bond acceptors (Lipinski definition) is 3. The predicted molar refractivity (Wildman–Crippen MR) is 56.1 cm³/mol. The smallest absolute Gasteiger partial charge is 0.409 e. The molecule has 4 nitrogen and oxygen atoms in total. The summed E-state index contributed by atoms with van der Waals surface area (Å²) < 4.78 is 4.63. The number of alkyl carbamates (subject to hydrolysis) is 1. The zero-order valence-corrected chi connectivity index (χ0v) is 8.64. The molecule has 0 heterocycles. The number of hydrogen-bond donors (Lipinski definition) is 2. The van der Waals surface area contributed by atoms with Gasteiger partial charge in [0.2, 0.25) is 6.29 Å². The molecule has 15 heavy (non-hydrogen) atoms. The van der Waals surface area contributed by atoms with Crippen molar-refractivity contribution in [1.82, 2.24) is 5.32 Å². The van der Waals surface area contributed by atoms with Gasteiger partial charge in [0.1, 0.15) is 0 Å². The van der Waals surface area contributed by atoms with E-state index in [9.17, 15) is 4.79 Å². The highest BCUT2D eigenvalue weighted by atomic mass is 16.6. The molecule has 0 bridgehead atoms. The second kappa shape index (κ2) is 6.03. The standard InChI is InChI=1S/C11H15NO3/c1-2-10(13)15-11(14)12-8-9-6-4-3-5-7-9/h3-7,10,13H,2,8H2,1H3,(H,12,14). The molecule has 0 aliphatic carbocycles. The van der Waals surface area contributed by atoms with E-state index in [1.54, 1.807) is 6.92 Å². The fourth-order valence-corrected chi connectivity index (χ4v) is 1.02. The van der Waals surface area contributed by atoms with Crippen LogP contribution >= 0.6 is 0 Å². The number of nitrogens with one attached hydrogen (secondary N) is 1. The molecule has 0 spiro atoms. The number of rotatable bonds is 4. The molecule has 1 atom stereocenters. The Kier molecular flexibility index (Phi) is 4.63. The van der Waals surface area contributed by atoms with Crippen molar-refractivity contribution in [1.29, 1.82) is 0 Å². The fraction of sp³-hybridized carbons (Fsp3) is 0.364. The van der Waals surface area contributed by atoms with E-state index in [0.717, 1.165) is 5.56 Å². The van der Waals surface area contributed by atoms with Crippen LogP contribution in [0.1, 0.15) is 18.9 Å². The van der Waals surface area contributed by atoms with Crippen molar-refractivity contribution in [3.63, 3.8) is 0 Å². The molecular weight excluding hydrogens is 194 g/mol. The average Bonchev–Trinajstić information content (AvgIpc) is 2.27. The normalized spacial score (nSPS) is 11.9. The topological polar surface area (TPSA) is 58.6 Å². The molecule has 1 unspecified atom stereocenters. The number of carbonyl (C=O) groups is 1. The van der Waals surface area contributed by atoms with E-state index in [1.165, 1.54) is 0 Å². The molecule has 1 amide bonds. The van der Waals surface area contributed by atoms with Gasteiger partial charge in [-0.2, -0.15) is 0 Å². The first-order valence-electron chi connectivity index (χ1n) is 4.89. The maximum atomic E-state index is 11.1. The number of carbonyl (C=O) groups excluding carboxylic acids is 1. The second-order valence-corrected chi connectivity index (χ2v) is 3.11. The maximum Gasteiger partial charge on any atom is 0.409 e. The zero-order chi connectivity index (χ0) is 11.1. The molecule has 0 saturated carbocycles. The van der Waals surface area contributed by atoms with E-state index in [4.69, 9.17) is 5.11 Å². The molecule has 1 aromatic carbocycles.